The van der Waals surface area contributed by atoms with Crippen LogP contribution in [0.2, 0.25) is 0 Å². The maximum Gasteiger partial charge on any atom is -0.00199 e. The van der Waals surface area contributed by atoms with Gasteiger partial charge in [0.15, 0.2) is 0 Å². The van der Waals surface area contributed by atoms with Crippen LogP contribution in [0.3, 0.4) is 0 Å². The van der Waals surface area contributed by atoms with E-state index in [0.29, 0.717) is 0 Å². The molecule has 0 bridgehead atoms. The minimum absolute atomic E-state index is 1.23. The van der Waals surface area contributed by atoms with E-state index in [1.54, 1.807) is 0 Å². The van der Waals surface area contributed by atoms with E-state index in [1.165, 1.54) is 109 Å². The van der Waals surface area contributed by atoms with Crippen LogP contribution in [0.25, 0.3) is 109 Å². The van der Waals surface area contributed by atoms with Crippen LogP contribution in [-0.2, 0) is 0 Å². The molecule has 11 aromatic carbocycles. The summed E-state index contributed by atoms with van der Waals surface area (Å²) in [5, 5.41) is 17.9. The van der Waals surface area contributed by atoms with Gasteiger partial charge in [-0.1, -0.05) is 182 Å². The van der Waals surface area contributed by atoms with Crippen molar-refractivity contribution in [2.75, 3.05) is 0 Å². The Kier molecular flexibility index (Phi) is 6.35. The molecule has 52 heavy (non-hydrogen) atoms. The van der Waals surface area contributed by atoms with Gasteiger partial charge < -0.3 is 0 Å². The first-order chi connectivity index (χ1) is 25.8. The maximum absolute atomic E-state index is 2.49. The molecule has 0 heterocycles. The molecule has 11 rings (SSSR count). The van der Waals surface area contributed by atoms with Crippen LogP contribution in [0.5, 0.6) is 0 Å². The molecule has 0 aliphatic heterocycles. The van der Waals surface area contributed by atoms with E-state index in [2.05, 4.69) is 194 Å². The Morgan fingerprint density at radius 3 is 1.23 bits per heavy atom. The number of rotatable bonds is 3. The molecule has 0 nitrogen and oxygen atoms in total. The zero-order valence-corrected chi connectivity index (χ0v) is 28.5. The zero-order chi connectivity index (χ0) is 34.2. The van der Waals surface area contributed by atoms with Gasteiger partial charge >= 0.3 is 0 Å². The van der Waals surface area contributed by atoms with Crippen LogP contribution in [-0.4, -0.2) is 0 Å². The van der Waals surface area contributed by atoms with Gasteiger partial charge in [-0.3, -0.25) is 0 Å². The summed E-state index contributed by atoms with van der Waals surface area (Å²) in [6, 6.07) is 71.9. The Labute approximate surface area is 301 Å². The van der Waals surface area contributed by atoms with Gasteiger partial charge in [0, 0.05) is 0 Å². The number of fused-ring (bicyclic) bond motifs is 11. The number of hydrogen-bond acceptors (Lipinski definition) is 0. The van der Waals surface area contributed by atoms with Crippen LogP contribution in [0, 0.1) is 0 Å². The fourth-order valence-electron chi connectivity index (χ4n) is 8.99. The van der Waals surface area contributed by atoms with Crippen LogP contribution in [0.15, 0.2) is 194 Å². The smallest absolute Gasteiger partial charge is 0.00199 e. The summed E-state index contributed by atoms with van der Waals surface area (Å²) in [4.78, 5) is 0. The van der Waals surface area contributed by atoms with E-state index in [4.69, 9.17) is 0 Å². The molecule has 0 amide bonds. The molecular formula is C52H32. The molecule has 0 saturated carbocycles. The van der Waals surface area contributed by atoms with E-state index in [-0.39, 0.29) is 0 Å². The number of benzene rings is 11. The first kappa shape index (κ1) is 29.0. The molecule has 0 unspecified atom stereocenters. The lowest BCUT2D eigenvalue weighted by atomic mass is 9.81. The molecule has 0 aliphatic rings. The Morgan fingerprint density at radius 2 is 0.615 bits per heavy atom. The highest BCUT2D eigenvalue weighted by atomic mass is 14.2. The Bertz CT molecular complexity index is 3180. The second-order valence-electron chi connectivity index (χ2n) is 13.9. The van der Waals surface area contributed by atoms with E-state index >= 15 is 0 Å². The predicted octanol–water partition coefficient (Wildman–Crippen LogP) is 14.8. The highest BCUT2D eigenvalue weighted by Gasteiger charge is 2.22. The van der Waals surface area contributed by atoms with E-state index in [9.17, 15) is 0 Å². The molecule has 240 valence electrons. The van der Waals surface area contributed by atoms with Crippen LogP contribution >= 0.6 is 0 Å². The van der Waals surface area contributed by atoms with Crippen molar-refractivity contribution >= 4 is 75.4 Å². The monoisotopic (exact) mass is 656 g/mol. The molecule has 0 atom stereocenters. The normalized spacial score (nSPS) is 11.8. The summed E-state index contributed by atoms with van der Waals surface area (Å²) in [7, 11) is 0. The van der Waals surface area contributed by atoms with Crippen molar-refractivity contribution in [2.45, 2.75) is 0 Å². The number of hydrogen-bond donors (Lipinski definition) is 0. The quantitative estimate of drug-likeness (QED) is 0.131. The van der Waals surface area contributed by atoms with E-state index < -0.39 is 0 Å². The van der Waals surface area contributed by atoms with Gasteiger partial charge in [-0.05, 0) is 121 Å². The first-order valence-electron chi connectivity index (χ1n) is 18.1. The fourth-order valence-corrected chi connectivity index (χ4v) is 8.99. The SMILES string of the molecule is c1ccc(-c2c3ccccc3c(-c3cc4c5ccccc5c5ccccc5c4c4ccccc34)c3ccccc23)c(-c2ccc3ccccc3c2)c1. The fraction of sp³-hybridized carbons (Fsp3) is 0. The third-order valence-corrected chi connectivity index (χ3v) is 11.2. The van der Waals surface area contributed by atoms with Crippen molar-refractivity contribution in [3.05, 3.63) is 194 Å². The highest BCUT2D eigenvalue weighted by Crippen LogP contribution is 2.49. The van der Waals surface area contributed by atoms with Gasteiger partial charge in [-0.2, -0.15) is 0 Å². The molecule has 0 heteroatoms. The Balaban J connectivity index is 1.28. The molecule has 11 aromatic rings. The van der Waals surface area contributed by atoms with Crippen molar-refractivity contribution in [3.63, 3.8) is 0 Å². The van der Waals surface area contributed by atoms with Gasteiger partial charge in [0.05, 0.1) is 0 Å². The summed E-state index contributed by atoms with van der Waals surface area (Å²) in [6.45, 7) is 0. The van der Waals surface area contributed by atoms with Gasteiger partial charge in [-0.25, -0.2) is 0 Å². The summed E-state index contributed by atoms with van der Waals surface area (Å²) < 4.78 is 0. The van der Waals surface area contributed by atoms with Gasteiger partial charge in [-0.15, -0.1) is 0 Å². The van der Waals surface area contributed by atoms with Crippen molar-refractivity contribution in [2.24, 2.45) is 0 Å². The second kappa shape index (κ2) is 11.4. The largest absolute Gasteiger partial charge is 0.0616 e. The zero-order valence-electron chi connectivity index (χ0n) is 28.5. The summed E-state index contributed by atoms with van der Waals surface area (Å²) >= 11 is 0. The van der Waals surface area contributed by atoms with E-state index in [0.717, 1.165) is 0 Å². The van der Waals surface area contributed by atoms with Gasteiger partial charge in [0.2, 0.25) is 0 Å². The lowest BCUT2D eigenvalue weighted by Crippen LogP contribution is -1.94. The van der Waals surface area contributed by atoms with E-state index in [1.807, 2.05) is 0 Å². The molecule has 0 radical (unpaired) electrons. The predicted molar refractivity (Wildman–Crippen MR) is 225 cm³/mol. The first-order valence-corrected chi connectivity index (χ1v) is 18.1. The standard InChI is InChI=1S/C52H32/c1-2-16-34-31-35(30-29-33(34)15-1)36-17-3-8-22-41(36)50-44-25-11-13-27-46(44)52(47-28-14-12-26-45(47)50)49-32-48-39-20-5-4-18-37(39)38-19-6-9-23-42(38)51(48)43-24-10-7-21-40(43)49/h1-32H. The minimum atomic E-state index is 1.23. The molecule has 0 N–H and O–H groups in total. The molecule has 0 saturated heterocycles. The summed E-state index contributed by atoms with van der Waals surface area (Å²) in [6.07, 6.45) is 0. The van der Waals surface area contributed by atoms with Gasteiger partial charge in [0.25, 0.3) is 0 Å². The van der Waals surface area contributed by atoms with Gasteiger partial charge in [0.1, 0.15) is 0 Å². The summed E-state index contributed by atoms with van der Waals surface area (Å²) in [5.74, 6) is 0. The summed E-state index contributed by atoms with van der Waals surface area (Å²) in [5.41, 5.74) is 7.55. The van der Waals surface area contributed by atoms with Crippen LogP contribution < -0.4 is 0 Å². The maximum atomic E-state index is 2.49. The molecular weight excluding hydrogens is 625 g/mol. The third kappa shape index (κ3) is 4.22. The lowest BCUT2D eigenvalue weighted by molar-refractivity contribution is 1.62. The van der Waals surface area contributed by atoms with Crippen molar-refractivity contribution < 1.29 is 0 Å². The van der Waals surface area contributed by atoms with Crippen LogP contribution in [0.4, 0.5) is 0 Å². The Morgan fingerprint density at radius 1 is 0.212 bits per heavy atom. The molecule has 0 spiro atoms. The minimum Gasteiger partial charge on any atom is -0.0616 e. The topological polar surface area (TPSA) is 0 Å². The van der Waals surface area contributed by atoms with Crippen LogP contribution in [0.1, 0.15) is 0 Å². The molecule has 0 aromatic heterocycles. The van der Waals surface area contributed by atoms with Crippen molar-refractivity contribution in [1.29, 1.82) is 0 Å². The highest BCUT2D eigenvalue weighted by molar-refractivity contribution is 6.34. The van der Waals surface area contributed by atoms with Crippen molar-refractivity contribution in [3.8, 4) is 33.4 Å². The average molecular weight is 657 g/mol. The van der Waals surface area contributed by atoms with Crippen molar-refractivity contribution in [1.82, 2.24) is 0 Å². The molecule has 0 fully saturated rings. The lowest BCUT2D eigenvalue weighted by Gasteiger charge is -2.21. The second-order valence-corrected chi connectivity index (χ2v) is 13.9. The third-order valence-electron chi connectivity index (χ3n) is 11.2. The molecule has 0 aliphatic carbocycles. The Hall–Kier alpha value is -6.76. The average Bonchev–Trinajstić information content (AvgIpc) is 3.22.